The Morgan fingerprint density at radius 2 is 1.94 bits per heavy atom. The van der Waals surface area contributed by atoms with Gasteiger partial charge in [-0.2, -0.15) is 0 Å². The van der Waals surface area contributed by atoms with Gasteiger partial charge in [0, 0.05) is 29.5 Å². The Hall–Kier alpha value is -3.27. The number of methoxy groups -OCH3 is 1. The molecule has 1 amide bonds. The highest BCUT2D eigenvalue weighted by molar-refractivity contribution is 5.84. The summed E-state index contributed by atoms with van der Waals surface area (Å²) in [6, 6.07) is 18.3. The zero-order valence-corrected chi connectivity index (χ0v) is 17.9. The van der Waals surface area contributed by atoms with Gasteiger partial charge in [0.15, 0.2) is 0 Å². The van der Waals surface area contributed by atoms with E-state index in [2.05, 4.69) is 42.2 Å². The smallest absolute Gasteiger partial charge is 0.227 e. The fraction of sp³-hybridized carbons (Fsp3) is 0.296. The van der Waals surface area contributed by atoms with Crippen molar-refractivity contribution in [1.29, 1.82) is 0 Å². The molecule has 1 fully saturated rings. The van der Waals surface area contributed by atoms with Crippen molar-refractivity contribution in [2.45, 2.75) is 25.9 Å². The first-order valence-corrected chi connectivity index (χ1v) is 10.9. The quantitative estimate of drug-likeness (QED) is 0.492. The average Bonchev–Trinajstić information content (AvgIpc) is 3.42. The lowest BCUT2D eigenvalue weighted by molar-refractivity contribution is -0.134. The molecule has 2 heterocycles. The van der Waals surface area contributed by atoms with E-state index in [0.717, 1.165) is 34.4 Å². The van der Waals surface area contributed by atoms with Gasteiger partial charge in [-0.3, -0.25) is 4.79 Å². The van der Waals surface area contributed by atoms with Crippen LogP contribution in [0, 0.1) is 17.8 Å². The summed E-state index contributed by atoms with van der Waals surface area (Å²) < 4.78 is 11.1. The molecule has 158 valence electrons. The maximum Gasteiger partial charge on any atom is 0.227 e. The topological polar surface area (TPSA) is 42.7 Å². The van der Waals surface area contributed by atoms with Gasteiger partial charge in [-0.1, -0.05) is 55.5 Å². The van der Waals surface area contributed by atoms with Crippen LogP contribution in [0.25, 0.3) is 11.1 Å². The number of allylic oxidation sites excluding steroid dienone is 1. The second-order valence-electron chi connectivity index (χ2n) is 8.61. The van der Waals surface area contributed by atoms with Crippen molar-refractivity contribution >= 4 is 5.91 Å². The molecule has 2 aliphatic rings. The summed E-state index contributed by atoms with van der Waals surface area (Å²) in [5, 5.41) is 0. The average molecular weight is 414 g/mol. The Morgan fingerprint density at radius 1 is 1.10 bits per heavy atom. The molecule has 0 saturated carbocycles. The number of benzene rings is 2. The number of amides is 1. The van der Waals surface area contributed by atoms with Crippen molar-refractivity contribution in [2.24, 2.45) is 17.8 Å². The van der Waals surface area contributed by atoms with Gasteiger partial charge >= 0.3 is 0 Å². The molecule has 1 aliphatic carbocycles. The van der Waals surface area contributed by atoms with Crippen molar-refractivity contribution in [3.8, 4) is 16.9 Å². The molecule has 0 spiro atoms. The number of hydrogen-bond donors (Lipinski definition) is 0. The Morgan fingerprint density at radius 3 is 2.68 bits per heavy atom. The van der Waals surface area contributed by atoms with Crippen LogP contribution < -0.4 is 4.74 Å². The van der Waals surface area contributed by atoms with Crippen molar-refractivity contribution in [3.63, 3.8) is 0 Å². The van der Waals surface area contributed by atoms with E-state index in [-0.39, 0.29) is 23.8 Å². The molecule has 5 rings (SSSR count). The summed E-state index contributed by atoms with van der Waals surface area (Å²) in [5.74, 6) is 1.52. The third-order valence-corrected chi connectivity index (χ3v) is 6.76. The molecule has 1 aliphatic heterocycles. The first-order valence-electron chi connectivity index (χ1n) is 10.9. The van der Waals surface area contributed by atoms with Crippen molar-refractivity contribution in [1.82, 2.24) is 4.90 Å². The van der Waals surface area contributed by atoms with Crippen LogP contribution in [0.2, 0.25) is 0 Å². The molecule has 0 radical (unpaired) electrons. The number of fused-ring (bicyclic) bond motifs is 1. The number of furan rings is 1. The van der Waals surface area contributed by atoms with Crippen LogP contribution in [0.5, 0.6) is 5.75 Å². The van der Waals surface area contributed by atoms with Crippen LogP contribution in [0.1, 0.15) is 30.5 Å². The molecule has 4 unspecified atom stereocenters. The van der Waals surface area contributed by atoms with E-state index in [9.17, 15) is 4.79 Å². The number of hydrogen-bond acceptors (Lipinski definition) is 3. The highest BCUT2D eigenvalue weighted by atomic mass is 16.5. The summed E-state index contributed by atoms with van der Waals surface area (Å²) in [6.07, 6.45) is 8.87. The van der Waals surface area contributed by atoms with E-state index in [4.69, 9.17) is 9.15 Å². The normalized spacial score (nSPS) is 25.0. The highest BCUT2D eigenvalue weighted by Crippen LogP contribution is 2.51. The van der Waals surface area contributed by atoms with E-state index in [1.54, 1.807) is 19.6 Å². The van der Waals surface area contributed by atoms with Gasteiger partial charge in [-0.25, -0.2) is 0 Å². The van der Waals surface area contributed by atoms with Gasteiger partial charge in [0.1, 0.15) is 5.75 Å². The number of ether oxygens (including phenoxy) is 1. The first kappa shape index (κ1) is 19.7. The van der Waals surface area contributed by atoms with Crippen LogP contribution in [0.3, 0.4) is 0 Å². The standard InChI is InChI=1S/C27H27NO3/c1-18-7-6-10-22-25(18)27(29)28(16-19-8-4-3-5-9-19)26(22)23-15-20(11-12-24(23)30-2)21-13-14-31-17-21/h3-6,8-15,17-18,22,25-26H,7,16H2,1-2H3. The van der Waals surface area contributed by atoms with E-state index in [0.29, 0.717) is 12.5 Å². The van der Waals surface area contributed by atoms with Crippen LogP contribution in [0.15, 0.2) is 83.7 Å². The molecule has 0 N–H and O–H groups in total. The van der Waals surface area contributed by atoms with Gasteiger partial charge in [-0.15, -0.1) is 0 Å². The van der Waals surface area contributed by atoms with Gasteiger partial charge in [0.05, 0.1) is 25.7 Å². The van der Waals surface area contributed by atoms with Gasteiger partial charge in [0.25, 0.3) is 0 Å². The minimum absolute atomic E-state index is 0.000926. The third-order valence-electron chi connectivity index (χ3n) is 6.76. The second-order valence-corrected chi connectivity index (χ2v) is 8.61. The summed E-state index contributed by atoms with van der Waals surface area (Å²) in [5.41, 5.74) is 4.28. The zero-order chi connectivity index (χ0) is 21.4. The van der Waals surface area contributed by atoms with Crippen LogP contribution in [-0.2, 0) is 11.3 Å². The monoisotopic (exact) mass is 413 g/mol. The Bertz CT molecular complexity index is 1090. The fourth-order valence-electron chi connectivity index (χ4n) is 5.25. The number of rotatable bonds is 5. The van der Waals surface area contributed by atoms with E-state index < -0.39 is 0 Å². The number of carbonyl (C=O) groups excluding carboxylic acids is 1. The van der Waals surface area contributed by atoms with Crippen molar-refractivity contribution in [3.05, 3.63) is 90.4 Å². The number of nitrogens with zero attached hydrogens (tertiary/aromatic N) is 1. The lowest BCUT2D eigenvalue weighted by Gasteiger charge is -2.30. The lowest BCUT2D eigenvalue weighted by Crippen LogP contribution is -2.30. The molecule has 2 aromatic carbocycles. The molecular weight excluding hydrogens is 386 g/mol. The second kappa shape index (κ2) is 8.10. The van der Waals surface area contributed by atoms with E-state index >= 15 is 0 Å². The zero-order valence-electron chi connectivity index (χ0n) is 17.9. The molecular formula is C27H27NO3. The van der Waals surface area contributed by atoms with Crippen LogP contribution >= 0.6 is 0 Å². The molecule has 1 aromatic heterocycles. The van der Waals surface area contributed by atoms with Crippen LogP contribution in [0.4, 0.5) is 0 Å². The van der Waals surface area contributed by atoms with Gasteiger partial charge < -0.3 is 14.1 Å². The van der Waals surface area contributed by atoms with Gasteiger partial charge in [0.2, 0.25) is 5.91 Å². The summed E-state index contributed by atoms with van der Waals surface area (Å²) >= 11 is 0. The molecule has 31 heavy (non-hydrogen) atoms. The minimum Gasteiger partial charge on any atom is -0.496 e. The maximum absolute atomic E-state index is 13.7. The summed E-state index contributed by atoms with van der Waals surface area (Å²) in [4.78, 5) is 15.8. The van der Waals surface area contributed by atoms with Crippen molar-refractivity contribution in [2.75, 3.05) is 7.11 Å². The SMILES string of the molecule is COc1ccc(-c2ccoc2)cc1C1C2C=CCC(C)C2C(=O)N1Cc1ccccc1. The molecule has 4 heteroatoms. The van der Waals surface area contributed by atoms with E-state index in [1.807, 2.05) is 36.4 Å². The van der Waals surface area contributed by atoms with Gasteiger partial charge in [-0.05, 0) is 41.7 Å². The van der Waals surface area contributed by atoms with Crippen molar-refractivity contribution < 1.29 is 13.9 Å². The predicted octanol–water partition coefficient (Wildman–Crippen LogP) is 5.87. The minimum atomic E-state index is -0.0708. The third kappa shape index (κ3) is 3.46. The number of carbonyl (C=O) groups is 1. The Labute approximate surface area is 183 Å². The maximum atomic E-state index is 13.7. The predicted molar refractivity (Wildman–Crippen MR) is 120 cm³/mol. The summed E-state index contributed by atoms with van der Waals surface area (Å²) in [6.45, 7) is 2.79. The molecule has 4 nitrogen and oxygen atoms in total. The highest BCUT2D eigenvalue weighted by Gasteiger charge is 2.51. The molecule has 0 bridgehead atoms. The lowest BCUT2D eigenvalue weighted by atomic mass is 9.75. The Kier molecular flexibility index (Phi) is 5.14. The largest absolute Gasteiger partial charge is 0.496 e. The fourth-order valence-corrected chi connectivity index (χ4v) is 5.25. The molecule has 3 aromatic rings. The summed E-state index contributed by atoms with van der Waals surface area (Å²) in [7, 11) is 1.70. The Balaban J connectivity index is 1.63. The molecule has 1 saturated heterocycles. The molecule has 4 atom stereocenters. The number of likely N-dealkylation sites (tertiary alicyclic amines) is 1. The van der Waals surface area contributed by atoms with E-state index in [1.165, 1.54) is 0 Å². The first-order chi connectivity index (χ1) is 15.2. The van der Waals surface area contributed by atoms with Crippen LogP contribution in [-0.4, -0.2) is 17.9 Å².